The molecule has 0 spiro atoms. The van der Waals surface area contributed by atoms with Gasteiger partial charge in [0.25, 0.3) is 0 Å². The maximum absolute atomic E-state index is 10.1. The molecule has 7 heavy (non-hydrogen) atoms. The summed E-state index contributed by atoms with van der Waals surface area (Å²) in [5, 5.41) is 0. The van der Waals surface area contributed by atoms with Gasteiger partial charge in [-0.3, -0.25) is 4.46 Å². The van der Waals surface area contributed by atoms with Crippen LogP contribution in [0.4, 0.5) is 4.11 Å². The summed E-state index contributed by atoms with van der Waals surface area (Å²) in [6.45, 7) is 0. The van der Waals surface area contributed by atoms with E-state index in [1.54, 1.807) is 0 Å². The van der Waals surface area contributed by atoms with Gasteiger partial charge < -0.3 is 4.80 Å². The minimum absolute atomic E-state index is 0. The molecule has 0 heterocycles. The number of hydrogen-bond acceptors (Lipinski definition) is 1. The summed E-state index contributed by atoms with van der Waals surface area (Å²) in [6.07, 6.45) is 0. The van der Waals surface area contributed by atoms with E-state index in [0.29, 0.717) is 0 Å². The molecular weight excluding hydrogens is 254 g/mol. The standard InChI is InChI=1S/Al.BH3.Ba.FHO2Si.5H/c;;;1-4(2)3;;;;;/h;1H3;;2H;;;;;. The van der Waals surface area contributed by atoms with Crippen LogP contribution in [0, 0.1) is 0 Å². The molecule has 1 N–H and O–H groups in total. The van der Waals surface area contributed by atoms with E-state index in [1.807, 2.05) is 0 Å². The number of hydrogen-bond donors (Lipinski definition) is 1. The van der Waals surface area contributed by atoms with Crippen molar-refractivity contribution in [3.05, 3.63) is 0 Å². The van der Waals surface area contributed by atoms with Crippen LogP contribution in [0.2, 0.25) is 0 Å². The molecule has 2 nitrogen and oxygen atoms in total. The molecule has 0 amide bonds. The van der Waals surface area contributed by atoms with E-state index in [1.165, 1.54) is 0 Å². The van der Waals surface area contributed by atoms with Gasteiger partial charge in [-0.1, -0.05) is 0 Å². The van der Waals surface area contributed by atoms with Gasteiger partial charge in [0.2, 0.25) is 0 Å². The summed E-state index contributed by atoms with van der Waals surface area (Å²) in [5.41, 5.74) is 0. The van der Waals surface area contributed by atoms with Crippen LogP contribution in [0.3, 0.4) is 0 Å². The summed E-state index contributed by atoms with van der Waals surface area (Å²) in [5.74, 6) is 0. The van der Waals surface area contributed by atoms with Crippen molar-refractivity contribution in [3.63, 3.8) is 0 Å². The third-order valence-electron chi connectivity index (χ3n) is 0. The summed E-state index contributed by atoms with van der Waals surface area (Å²) in [6, 6.07) is 0. The van der Waals surface area contributed by atoms with Crippen molar-refractivity contribution in [1.29, 1.82) is 0 Å². The zero-order chi connectivity index (χ0) is 3.58. The van der Waals surface area contributed by atoms with Gasteiger partial charge in [0.15, 0.2) is 17.4 Å². The average Bonchev–Trinajstić information content (AvgIpc) is 0.811. The van der Waals surface area contributed by atoms with Gasteiger partial charge in [-0.2, -0.15) is 4.11 Å². The van der Waals surface area contributed by atoms with Gasteiger partial charge in [0.1, 0.15) is 0 Å². The SMILES string of the molecule is B.O=[Si](O)F.[AlH3].[BaH2]. The minimum atomic E-state index is -3.63. The van der Waals surface area contributed by atoms with E-state index in [0.717, 1.165) is 0 Å². The van der Waals surface area contributed by atoms with Crippen LogP contribution >= 0.6 is 0 Å². The molecule has 0 aliphatic rings. The van der Waals surface area contributed by atoms with Gasteiger partial charge in [0.05, 0.1) is 8.41 Å². The van der Waals surface area contributed by atoms with Crippen molar-refractivity contribution in [2.45, 2.75) is 0 Å². The summed E-state index contributed by atoms with van der Waals surface area (Å²) in [7, 11) is -3.63. The van der Waals surface area contributed by atoms with Crippen molar-refractivity contribution >= 4 is 83.9 Å². The molecule has 0 saturated carbocycles. The Morgan fingerprint density at radius 3 is 1.57 bits per heavy atom. The van der Waals surface area contributed by atoms with Gasteiger partial charge in [-0.15, -0.1) is 0 Å². The molecule has 0 aliphatic heterocycles. The third kappa shape index (κ3) is 75.5. The van der Waals surface area contributed by atoms with Crippen LogP contribution in [-0.2, 0) is 4.46 Å². The van der Waals surface area contributed by atoms with Crippen molar-refractivity contribution in [1.82, 2.24) is 0 Å². The second kappa shape index (κ2) is 15.7. The fraction of sp³-hybridized carbons (Fsp3) is 0. The Labute approximate surface area is 95.6 Å². The van der Waals surface area contributed by atoms with Gasteiger partial charge in [0, 0.05) is 0 Å². The van der Waals surface area contributed by atoms with E-state index in [4.69, 9.17) is 9.26 Å². The summed E-state index contributed by atoms with van der Waals surface area (Å²) < 4.78 is 18.6. The van der Waals surface area contributed by atoms with E-state index in [2.05, 4.69) is 0 Å². The molecule has 0 radical (unpaired) electrons. The molecule has 0 aromatic rings. The fourth-order valence-electron chi connectivity index (χ4n) is 0. The van der Waals surface area contributed by atoms with Crippen molar-refractivity contribution < 1.29 is 13.4 Å². The average molecular weight is 263 g/mol. The Morgan fingerprint density at radius 2 is 1.57 bits per heavy atom. The second-order valence-electron chi connectivity index (χ2n) is 0.253. The molecule has 7 heteroatoms. The van der Waals surface area contributed by atoms with E-state index in [-0.39, 0.29) is 74.7 Å². The molecule has 0 aliphatic carbocycles. The number of halogens is 1. The first-order chi connectivity index (χ1) is 1.73. The summed E-state index contributed by atoms with van der Waals surface area (Å²) in [4.78, 5) is 6.94. The first-order valence-corrected chi connectivity index (χ1v) is 1.85. The van der Waals surface area contributed by atoms with Gasteiger partial charge >= 0.3 is 58.1 Å². The maximum atomic E-state index is 10.1. The second-order valence-corrected chi connectivity index (χ2v) is 0.759. The number of rotatable bonds is 0. The van der Waals surface area contributed by atoms with E-state index < -0.39 is 9.26 Å². The Balaban J connectivity index is -0.0000000150. The molecule has 0 fully saturated rings. The molecule has 40 valence electrons. The fourth-order valence-corrected chi connectivity index (χ4v) is 0. The van der Waals surface area contributed by atoms with Crippen LogP contribution in [0.25, 0.3) is 0 Å². The van der Waals surface area contributed by atoms with Crippen LogP contribution in [0.5, 0.6) is 0 Å². The first kappa shape index (κ1) is 23.1. The Morgan fingerprint density at radius 1 is 1.57 bits per heavy atom. The quantitative estimate of drug-likeness (QED) is 0.358. The predicted molar refractivity (Wildman–Crippen MR) is 38.2 cm³/mol. The van der Waals surface area contributed by atoms with Crippen molar-refractivity contribution in [2.75, 3.05) is 0 Å². The topological polar surface area (TPSA) is 37.3 Å². The van der Waals surface area contributed by atoms with Crippen LogP contribution in [0.1, 0.15) is 0 Å². The van der Waals surface area contributed by atoms with Crippen LogP contribution < -0.4 is 0 Å². The van der Waals surface area contributed by atoms with Crippen molar-refractivity contribution in [3.8, 4) is 0 Å². The third-order valence-corrected chi connectivity index (χ3v) is 0. The molecule has 0 bridgehead atoms. The first-order valence-electron chi connectivity index (χ1n) is 0.617. The van der Waals surface area contributed by atoms with Crippen LogP contribution in [0.15, 0.2) is 0 Å². The van der Waals surface area contributed by atoms with E-state index in [9.17, 15) is 4.11 Å². The Kier molecular flexibility index (Phi) is 51.7. The summed E-state index contributed by atoms with van der Waals surface area (Å²) >= 11 is 0. The molecular formula is H9AlBBaFO2Si. The monoisotopic (exact) mass is 264 g/mol. The molecule has 0 unspecified atom stereocenters. The predicted octanol–water partition coefficient (Wildman–Crippen LogP) is -3.92. The Hall–Kier alpha value is 1.92. The molecule has 0 atom stereocenters. The Bertz CT molecular complexity index is 40.7. The van der Waals surface area contributed by atoms with Gasteiger partial charge in [-0.25, -0.2) is 0 Å². The zero-order valence-electron chi connectivity index (χ0n) is 1.73. The molecule has 0 saturated heterocycles. The zero-order valence-corrected chi connectivity index (χ0v) is 2.73. The molecule has 0 aromatic heterocycles. The normalized spacial score (nSPS) is 3.57. The van der Waals surface area contributed by atoms with Crippen LogP contribution in [-0.4, -0.2) is 88.7 Å². The van der Waals surface area contributed by atoms with E-state index >= 15 is 0 Å². The van der Waals surface area contributed by atoms with Gasteiger partial charge in [-0.05, 0) is 0 Å². The molecule has 0 rings (SSSR count). The van der Waals surface area contributed by atoms with Crippen molar-refractivity contribution in [2.24, 2.45) is 0 Å². The molecule has 0 aromatic carbocycles.